The van der Waals surface area contributed by atoms with Gasteiger partial charge in [-0.1, -0.05) is 5.21 Å². The minimum absolute atomic E-state index is 0.240. The first kappa shape index (κ1) is 12.4. The highest BCUT2D eigenvalue weighted by Gasteiger charge is 2.62. The second-order valence-electron chi connectivity index (χ2n) is 2.79. The van der Waals surface area contributed by atoms with Gasteiger partial charge in [0.1, 0.15) is 6.07 Å². The van der Waals surface area contributed by atoms with Crippen LogP contribution in [-0.4, -0.2) is 21.2 Å². The third-order valence-electron chi connectivity index (χ3n) is 1.79. The molecule has 0 aliphatic heterocycles. The van der Waals surface area contributed by atoms with Gasteiger partial charge in [-0.3, -0.25) is 0 Å². The Hall–Kier alpha value is -1.72. The number of hydrogen-bond donors (Lipinski definition) is 0. The van der Waals surface area contributed by atoms with Crippen LogP contribution in [0.2, 0.25) is 0 Å². The maximum Gasteiger partial charge on any atom is 0.459 e. The fourth-order valence-corrected chi connectivity index (χ4v) is 1.05. The molecule has 0 saturated carbocycles. The second-order valence-corrected chi connectivity index (χ2v) is 2.79. The SMILES string of the molecule is CCn1nnc(C#N)c1C(F)(F)C(F)(F)F. The molecule has 1 aromatic heterocycles. The van der Waals surface area contributed by atoms with Crippen molar-refractivity contribution >= 4 is 0 Å². The molecule has 4 nitrogen and oxygen atoms in total. The van der Waals surface area contributed by atoms with Crippen molar-refractivity contribution in [3.63, 3.8) is 0 Å². The highest BCUT2D eigenvalue weighted by Crippen LogP contribution is 2.44. The maximum atomic E-state index is 13.0. The molecule has 9 heteroatoms. The van der Waals surface area contributed by atoms with Crippen LogP contribution in [0.15, 0.2) is 0 Å². The lowest BCUT2D eigenvalue weighted by Crippen LogP contribution is -2.36. The minimum Gasteiger partial charge on any atom is -0.242 e. The average Bonchev–Trinajstić information content (AvgIpc) is 2.58. The number of halogens is 5. The normalized spacial score (nSPS) is 12.6. The fourth-order valence-electron chi connectivity index (χ4n) is 1.05. The summed E-state index contributed by atoms with van der Waals surface area (Å²) in [5.74, 6) is -5.14. The number of hydrogen-bond acceptors (Lipinski definition) is 3. The molecule has 0 unspecified atom stereocenters. The van der Waals surface area contributed by atoms with Gasteiger partial charge in [-0.15, -0.1) is 5.10 Å². The summed E-state index contributed by atoms with van der Waals surface area (Å²) in [6.07, 6.45) is -5.78. The molecular formula is C7H5F5N4. The molecule has 1 aromatic rings. The van der Waals surface area contributed by atoms with E-state index in [0.29, 0.717) is 4.68 Å². The van der Waals surface area contributed by atoms with Crippen molar-refractivity contribution in [3.05, 3.63) is 11.4 Å². The third-order valence-corrected chi connectivity index (χ3v) is 1.79. The second kappa shape index (κ2) is 3.70. The summed E-state index contributed by atoms with van der Waals surface area (Å²) in [7, 11) is 0. The number of alkyl halides is 5. The van der Waals surface area contributed by atoms with E-state index >= 15 is 0 Å². The van der Waals surface area contributed by atoms with Gasteiger partial charge >= 0.3 is 12.1 Å². The van der Waals surface area contributed by atoms with E-state index in [1.165, 1.54) is 6.92 Å². The van der Waals surface area contributed by atoms with Crippen molar-refractivity contribution in [2.24, 2.45) is 0 Å². The van der Waals surface area contributed by atoms with Crippen molar-refractivity contribution in [2.75, 3.05) is 0 Å². The largest absolute Gasteiger partial charge is 0.459 e. The molecule has 1 heterocycles. The predicted molar refractivity (Wildman–Crippen MR) is 40.4 cm³/mol. The molecule has 0 bridgehead atoms. The molecule has 0 saturated heterocycles. The zero-order valence-electron chi connectivity index (χ0n) is 7.89. The van der Waals surface area contributed by atoms with Crippen molar-refractivity contribution in [1.82, 2.24) is 15.0 Å². The molecule has 0 N–H and O–H groups in total. The first-order valence-electron chi connectivity index (χ1n) is 4.04. The number of nitrogens with zero attached hydrogens (tertiary/aromatic N) is 4. The quantitative estimate of drug-likeness (QED) is 0.741. The third kappa shape index (κ3) is 1.70. The van der Waals surface area contributed by atoms with E-state index < -0.39 is 23.5 Å². The fraction of sp³-hybridized carbons (Fsp3) is 0.571. The van der Waals surface area contributed by atoms with Crippen molar-refractivity contribution in [3.8, 4) is 6.07 Å². The monoisotopic (exact) mass is 240 g/mol. The Morgan fingerprint density at radius 3 is 2.25 bits per heavy atom. The van der Waals surface area contributed by atoms with Crippen LogP contribution >= 0.6 is 0 Å². The van der Waals surface area contributed by atoms with Crippen LogP contribution in [0.3, 0.4) is 0 Å². The van der Waals surface area contributed by atoms with Gasteiger partial charge in [0.15, 0.2) is 11.4 Å². The molecule has 0 fully saturated rings. The lowest BCUT2D eigenvalue weighted by molar-refractivity contribution is -0.292. The number of aromatic nitrogens is 3. The first-order chi connectivity index (χ1) is 7.25. The van der Waals surface area contributed by atoms with Crippen LogP contribution in [0.1, 0.15) is 18.3 Å². The van der Waals surface area contributed by atoms with Gasteiger partial charge in [0.05, 0.1) is 0 Å². The van der Waals surface area contributed by atoms with Gasteiger partial charge in [0.25, 0.3) is 0 Å². The Bertz CT molecular complexity index is 427. The topological polar surface area (TPSA) is 54.5 Å². The van der Waals surface area contributed by atoms with Crippen molar-refractivity contribution in [2.45, 2.75) is 25.6 Å². The number of nitriles is 1. The smallest absolute Gasteiger partial charge is 0.242 e. The summed E-state index contributed by atoms with van der Waals surface area (Å²) in [5, 5.41) is 14.4. The molecule has 1 rings (SSSR count). The van der Waals surface area contributed by atoms with E-state index in [2.05, 4.69) is 10.3 Å². The Morgan fingerprint density at radius 1 is 1.31 bits per heavy atom. The lowest BCUT2D eigenvalue weighted by Gasteiger charge is -2.19. The lowest BCUT2D eigenvalue weighted by atomic mass is 10.2. The summed E-state index contributed by atoms with van der Waals surface area (Å²) in [5.41, 5.74) is -2.55. The first-order valence-corrected chi connectivity index (χ1v) is 4.04. The van der Waals surface area contributed by atoms with E-state index in [1.807, 2.05) is 0 Å². The van der Waals surface area contributed by atoms with Crippen molar-refractivity contribution < 1.29 is 22.0 Å². The summed E-state index contributed by atoms with van der Waals surface area (Å²) in [6, 6.07) is 1.15. The predicted octanol–water partition coefficient (Wildman–Crippen LogP) is 1.82. The van der Waals surface area contributed by atoms with Gasteiger partial charge < -0.3 is 0 Å². The Kier molecular flexibility index (Phi) is 2.85. The summed E-state index contributed by atoms with van der Waals surface area (Å²) in [4.78, 5) is 0. The zero-order chi connectivity index (χ0) is 12.6. The number of rotatable bonds is 2. The van der Waals surface area contributed by atoms with Gasteiger partial charge in [-0.05, 0) is 6.92 Å². The molecule has 0 atom stereocenters. The van der Waals surface area contributed by atoms with E-state index in [4.69, 9.17) is 5.26 Å². The van der Waals surface area contributed by atoms with Gasteiger partial charge in [0.2, 0.25) is 0 Å². The standard InChI is InChI=1S/C7H5F5N4/c1-2-16-5(4(3-13)14-15-16)6(8,9)7(10,11)12/h2H2,1H3. The summed E-state index contributed by atoms with van der Waals surface area (Å²) in [6.45, 7) is 1.07. The van der Waals surface area contributed by atoms with Gasteiger partial charge in [-0.25, -0.2) is 4.68 Å². The van der Waals surface area contributed by atoms with E-state index in [-0.39, 0.29) is 6.54 Å². The molecule has 0 radical (unpaired) electrons. The molecule has 0 aromatic carbocycles. The van der Waals surface area contributed by atoms with Crippen LogP contribution in [0.4, 0.5) is 22.0 Å². The molecular weight excluding hydrogens is 235 g/mol. The zero-order valence-corrected chi connectivity index (χ0v) is 7.89. The summed E-state index contributed by atoms with van der Waals surface area (Å²) < 4.78 is 62.7. The molecule has 0 aliphatic rings. The highest BCUT2D eigenvalue weighted by atomic mass is 19.4. The van der Waals surface area contributed by atoms with Crippen LogP contribution in [0.25, 0.3) is 0 Å². The van der Waals surface area contributed by atoms with Crippen molar-refractivity contribution in [1.29, 1.82) is 5.26 Å². The molecule has 0 spiro atoms. The molecule has 0 aliphatic carbocycles. The van der Waals surface area contributed by atoms with Crippen LogP contribution in [-0.2, 0) is 12.5 Å². The maximum absolute atomic E-state index is 13.0. The summed E-state index contributed by atoms with van der Waals surface area (Å²) >= 11 is 0. The highest BCUT2D eigenvalue weighted by molar-refractivity contribution is 5.29. The van der Waals surface area contributed by atoms with Crippen LogP contribution < -0.4 is 0 Å². The van der Waals surface area contributed by atoms with Gasteiger partial charge in [0, 0.05) is 6.54 Å². The van der Waals surface area contributed by atoms with E-state index in [9.17, 15) is 22.0 Å². The Morgan fingerprint density at radius 2 is 1.88 bits per heavy atom. The minimum atomic E-state index is -5.78. The number of aryl methyl sites for hydroxylation is 1. The molecule has 16 heavy (non-hydrogen) atoms. The van der Waals surface area contributed by atoms with E-state index in [1.54, 1.807) is 0 Å². The van der Waals surface area contributed by atoms with Crippen LogP contribution in [0.5, 0.6) is 0 Å². The van der Waals surface area contributed by atoms with Crippen LogP contribution in [0, 0.1) is 11.3 Å². The Balaban J connectivity index is 3.42. The molecule has 0 amide bonds. The average molecular weight is 240 g/mol. The van der Waals surface area contributed by atoms with E-state index in [0.717, 1.165) is 6.07 Å². The van der Waals surface area contributed by atoms with Gasteiger partial charge in [-0.2, -0.15) is 27.2 Å². The molecule has 88 valence electrons. The Labute approximate surface area is 86.3 Å².